The van der Waals surface area contributed by atoms with Crippen molar-refractivity contribution in [1.82, 2.24) is 33.4 Å². The van der Waals surface area contributed by atoms with Crippen molar-refractivity contribution < 1.29 is 31.5 Å². The average Bonchev–Trinajstić information content (AvgIpc) is 3.70. The van der Waals surface area contributed by atoms with E-state index in [9.17, 15) is 31.5 Å². The van der Waals surface area contributed by atoms with Crippen LogP contribution < -0.4 is 5.32 Å². The molecule has 1 unspecified atom stereocenters. The van der Waals surface area contributed by atoms with Crippen LogP contribution in [0.4, 0.5) is 23.9 Å². The largest absolute Gasteiger partial charge is 0.465 e. The maximum Gasteiger partial charge on any atom is 0.419 e. The van der Waals surface area contributed by atoms with E-state index in [1.54, 1.807) is 47.0 Å². The van der Waals surface area contributed by atoms with Gasteiger partial charge in [-0.1, -0.05) is 63.2 Å². The van der Waals surface area contributed by atoms with Gasteiger partial charge in [0, 0.05) is 54.1 Å². The smallest absolute Gasteiger partial charge is 0.419 e. The Balaban J connectivity index is 1.32. The number of alkyl halides is 3. The quantitative estimate of drug-likeness (QED) is 0.191. The number of likely N-dealkylation sites (tertiary alicyclic amines) is 1. The van der Waals surface area contributed by atoms with Crippen LogP contribution in [0.2, 0.25) is 0 Å². The lowest BCUT2D eigenvalue weighted by molar-refractivity contribution is -0.137. The predicted octanol–water partition coefficient (Wildman–Crippen LogP) is 6.76. The van der Waals surface area contributed by atoms with E-state index in [0.717, 1.165) is 10.2 Å². The minimum absolute atomic E-state index is 0.0150. The third-order valence-corrected chi connectivity index (χ3v) is 10.8. The summed E-state index contributed by atoms with van der Waals surface area (Å²) in [5.74, 6) is -0.111. The van der Waals surface area contributed by atoms with Crippen LogP contribution in [0.1, 0.15) is 44.5 Å². The summed E-state index contributed by atoms with van der Waals surface area (Å²) in [6.07, 6.45) is -2.13. The molecule has 12 nitrogen and oxygen atoms in total. The van der Waals surface area contributed by atoms with Gasteiger partial charge in [0.15, 0.2) is 5.65 Å². The van der Waals surface area contributed by atoms with Crippen LogP contribution in [0.25, 0.3) is 27.8 Å². The number of aromatic nitrogens is 6. The molecule has 4 aromatic heterocycles. The highest BCUT2D eigenvalue weighted by Gasteiger charge is 2.47. The Bertz CT molecular complexity index is 2370. The van der Waals surface area contributed by atoms with Gasteiger partial charge in [0.2, 0.25) is 5.95 Å². The summed E-state index contributed by atoms with van der Waals surface area (Å²) in [6.45, 7) is 5.81. The van der Waals surface area contributed by atoms with E-state index in [1.165, 1.54) is 29.2 Å². The number of carbonyl (C=O) groups is 1. The lowest BCUT2D eigenvalue weighted by atomic mass is 9.72. The number of piperidine rings is 1. The van der Waals surface area contributed by atoms with E-state index in [0.29, 0.717) is 24.1 Å². The molecule has 16 heteroatoms. The Kier molecular flexibility index (Phi) is 8.23. The number of hydrogen-bond acceptors (Lipinski definition) is 8. The van der Waals surface area contributed by atoms with Crippen molar-refractivity contribution in [1.29, 1.82) is 0 Å². The topological polar surface area (TPSA) is 148 Å². The van der Waals surface area contributed by atoms with Gasteiger partial charge in [-0.25, -0.2) is 27.2 Å². The number of hydrogen-bond donors (Lipinski definition) is 2. The Morgan fingerprint density at radius 2 is 1.67 bits per heavy atom. The molecular weight excluding hydrogens is 685 g/mol. The van der Waals surface area contributed by atoms with Crippen LogP contribution in [-0.4, -0.2) is 71.7 Å². The van der Waals surface area contributed by atoms with Gasteiger partial charge in [0.25, 0.3) is 10.0 Å². The monoisotopic (exact) mass is 718 g/mol. The molecule has 1 aliphatic rings. The fourth-order valence-electron chi connectivity index (χ4n) is 7.10. The summed E-state index contributed by atoms with van der Waals surface area (Å²) in [7, 11) is -4.21. The highest BCUT2D eigenvalue weighted by atomic mass is 32.2. The zero-order valence-electron chi connectivity index (χ0n) is 27.7. The molecule has 1 amide bonds. The SMILES string of the molecule is CC(C)(C)C1[C@H](c2nnc3ccccn23)C[C@H](Nc2ncc(C(F)(F)F)c(-c3cn(S(=O)(=O)c4ccccc4)c4ccccc34)n2)CN1C(=O)O. The van der Waals surface area contributed by atoms with Crippen molar-refractivity contribution in [3.8, 4) is 11.3 Å². The second kappa shape index (κ2) is 12.4. The summed E-state index contributed by atoms with van der Waals surface area (Å²) in [5.41, 5.74) is -1.54. The number of anilines is 1. The minimum atomic E-state index is -4.89. The summed E-state index contributed by atoms with van der Waals surface area (Å²) < 4.78 is 73.9. The van der Waals surface area contributed by atoms with Crippen molar-refractivity contribution in [3.05, 3.63) is 103 Å². The Morgan fingerprint density at radius 1 is 0.961 bits per heavy atom. The molecule has 0 radical (unpaired) electrons. The molecule has 6 aromatic rings. The number of para-hydroxylation sites is 1. The Hall–Kier alpha value is -5.51. The number of carboxylic acid groups (broad SMARTS) is 1. The lowest BCUT2D eigenvalue weighted by Gasteiger charge is -2.48. The van der Waals surface area contributed by atoms with Gasteiger partial charge in [-0.05, 0) is 42.2 Å². The molecule has 0 bridgehead atoms. The van der Waals surface area contributed by atoms with Crippen LogP contribution in [0, 0.1) is 5.41 Å². The fourth-order valence-corrected chi connectivity index (χ4v) is 8.49. The molecule has 2 aromatic carbocycles. The third-order valence-electron chi connectivity index (χ3n) is 9.14. The maximum absolute atomic E-state index is 14.5. The second-order valence-electron chi connectivity index (χ2n) is 13.5. The number of halogens is 3. The Labute approximate surface area is 290 Å². The molecule has 7 rings (SSSR count). The van der Waals surface area contributed by atoms with Crippen molar-refractivity contribution in [3.63, 3.8) is 0 Å². The highest BCUT2D eigenvalue weighted by molar-refractivity contribution is 7.90. The molecule has 2 N–H and O–H groups in total. The molecule has 1 aliphatic heterocycles. The number of nitrogens with one attached hydrogen (secondary N) is 1. The molecule has 3 atom stereocenters. The van der Waals surface area contributed by atoms with Crippen molar-refractivity contribution in [2.45, 2.75) is 56.3 Å². The molecule has 5 heterocycles. The summed E-state index contributed by atoms with van der Waals surface area (Å²) in [6, 6.07) is 18.1. The van der Waals surface area contributed by atoms with E-state index >= 15 is 0 Å². The van der Waals surface area contributed by atoms with Crippen LogP contribution in [-0.2, 0) is 16.2 Å². The summed E-state index contributed by atoms with van der Waals surface area (Å²) >= 11 is 0. The summed E-state index contributed by atoms with van der Waals surface area (Å²) in [5, 5.41) is 22.5. The van der Waals surface area contributed by atoms with E-state index in [-0.39, 0.29) is 33.9 Å². The molecule has 0 saturated carbocycles. The molecule has 51 heavy (non-hydrogen) atoms. The van der Waals surface area contributed by atoms with Crippen LogP contribution in [0.3, 0.4) is 0 Å². The molecule has 1 fully saturated rings. The minimum Gasteiger partial charge on any atom is -0.465 e. The first-order valence-electron chi connectivity index (χ1n) is 16.1. The zero-order valence-corrected chi connectivity index (χ0v) is 28.5. The number of rotatable bonds is 6. The van der Waals surface area contributed by atoms with Gasteiger partial charge in [-0.2, -0.15) is 13.2 Å². The molecule has 0 spiro atoms. The van der Waals surface area contributed by atoms with Gasteiger partial charge >= 0.3 is 12.3 Å². The number of benzene rings is 2. The van der Waals surface area contributed by atoms with Crippen LogP contribution in [0.15, 0.2) is 96.3 Å². The Morgan fingerprint density at radius 3 is 2.37 bits per heavy atom. The lowest BCUT2D eigenvalue weighted by Crippen LogP contribution is -2.58. The van der Waals surface area contributed by atoms with E-state index in [1.807, 2.05) is 32.9 Å². The van der Waals surface area contributed by atoms with E-state index < -0.39 is 57.0 Å². The van der Waals surface area contributed by atoms with Gasteiger partial charge in [-0.3, -0.25) is 4.40 Å². The van der Waals surface area contributed by atoms with Crippen molar-refractivity contribution in [2.24, 2.45) is 5.41 Å². The van der Waals surface area contributed by atoms with Gasteiger partial charge in [0.05, 0.1) is 16.1 Å². The van der Waals surface area contributed by atoms with Crippen LogP contribution in [0.5, 0.6) is 0 Å². The summed E-state index contributed by atoms with van der Waals surface area (Å²) in [4.78, 5) is 22.4. The van der Waals surface area contributed by atoms with Gasteiger partial charge in [-0.15, -0.1) is 10.2 Å². The van der Waals surface area contributed by atoms with Crippen molar-refractivity contribution in [2.75, 3.05) is 11.9 Å². The van der Waals surface area contributed by atoms with Crippen LogP contribution >= 0.6 is 0 Å². The van der Waals surface area contributed by atoms with Gasteiger partial charge in [0.1, 0.15) is 11.4 Å². The van der Waals surface area contributed by atoms with E-state index in [4.69, 9.17) is 0 Å². The molecular formula is C35H33F3N8O4S. The number of amides is 1. The number of nitrogens with zero attached hydrogens (tertiary/aromatic N) is 7. The van der Waals surface area contributed by atoms with Crippen molar-refractivity contribution >= 4 is 38.6 Å². The standard InChI is InChI=1S/C35H33F3N8O4S/c1-34(2,3)30-24(31-43-42-28-15-9-10-16-44(28)31)17-21(19-45(30)33(47)48)40-32-39-18-26(35(36,37)38)29(41-32)25-20-46(27-14-8-7-13-23(25)27)51(49,50)22-11-5-4-6-12-22/h4-16,18,20-21,24,30H,17,19H2,1-3H3,(H,47,48)(H,39,40,41)/t21-,24+,30?/m0/s1. The number of fused-ring (bicyclic) bond motifs is 2. The highest BCUT2D eigenvalue weighted by Crippen LogP contribution is 2.43. The molecule has 0 aliphatic carbocycles. The van der Waals surface area contributed by atoms with Gasteiger partial charge < -0.3 is 15.3 Å². The number of pyridine rings is 1. The third kappa shape index (κ3) is 6.13. The first kappa shape index (κ1) is 34.0. The normalized spacial score (nSPS) is 18.7. The average molecular weight is 719 g/mol. The molecule has 264 valence electrons. The van der Waals surface area contributed by atoms with E-state index in [2.05, 4.69) is 25.5 Å². The molecule has 1 saturated heterocycles. The maximum atomic E-state index is 14.5. The first-order chi connectivity index (χ1) is 24.1. The predicted molar refractivity (Wildman–Crippen MR) is 183 cm³/mol. The first-order valence-corrected chi connectivity index (χ1v) is 17.5. The fraction of sp³-hybridized carbons (Fsp3) is 0.286. The second-order valence-corrected chi connectivity index (χ2v) is 15.4. The zero-order chi connectivity index (χ0) is 36.3.